The molecule has 0 aliphatic heterocycles. The first-order chi connectivity index (χ1) is 8.89. The summed E-state index contributed by atoms with van der Waals surface area (Å²) in [6.45, 7) is 6.06. The third-order valence-electron chi connectivity index (χ3n) is 3.19. The smallest absolute Gasteiger partial charge is 0.220 e. The van der Waals surface area contributed by atoms with Crippen LogP contribution in [0.1, 0.15) is 45.6 Å². The van der Waals surface area contributed by atoms with Crippen LogP contribution in [-0.4, -0.2) is 17.5 Å². The van der Waals surface area contributed by atoms with Crippen molar-refractivity contribution < 1.29 is 4.79 Å². The molecule has 0 aliphatic rings. The predicted molar refractivity (Wildman–Crippen MR) is 87.1 cm³/mol. The Morgan fingerprint density at radius 1 is 1.30 bits per heavy atom. The van der Waals surface area contributed by atoms with Crippen LogP contribution in [0.2, 0.25) is 0 Å². The van der Waals surface area contributed by atoms with Crippen LogP contribution in [0, 0.1) is 0 Å². The van der Waals surface area contributed by atoms with Gasteiger partial charge in [0, 0.05) is 18.0 Å². The molecule has 114 valence electrons. The fraction of sp³-hybridized carbons (Fsp3) is 0.562. The van der Waals surface area contributed by atoms with Gasteiger partial charge in [-0.25, -0.2) is 0 Å². The lowest BCUT2D eigenvalue weighted by atomic mass is 9.95. The van der Waals surface area contributed by atoms with Crippen molar-refractivity contribution >= 4 is 18.3 Å². The second-order valence-electron chi connectivity index (χ2n) is 5.93. The lowest BCUT2D eigenvalue weighted by Gasteiger charge is -2.26. The van der Waals surface area contributed by atoms with Gasteiger partial charge < -0.3 is 11.1 Å². The summed E-state index contributed by atoms with van der Waals surface area (Å²) in [7, 11) is 0. The molecule has 1 unspecified atom stereocenters. The maximum Gasteiger partial charge on any atom is 0.220 e. The third kappa shape index (κ3) is 8.18. The van der Waals surface area contributed by atoms with Gasteiger partial charge in [-0.05, 0) is 45.6 Å². The zero-order valence-electron chi connectivity index (χ0n) is 12.7. The number of hydrogen-bond donors (Lipinski definition) is 2. The van der Waals surface area contributed by atoms with Gasteiger partial charge in [-0.15, -0.1) is 12.4 Å². The van der Waals surface area contributed by atoms with Crippen LogP contribution in [0.15, 0.2) is 30.3 Å². The van der Waals surface area contributed by atoms with E-state index in [4.69, 9.17) is 5.73 Å². The van der Waals surface area contributed by atoms with Gasteiger partial charge in [-0.3, -0.25) is 4.79 Å². The molecule has 1 aromatic rings. The molecule has 0 aliphatic carbocycles. The molecule has 0 aromatic heterocycles. The molecule has 0 bridgehead atoms. The first-order valence-corrected chi connectivity index (χ1v) is 6.99. The Bertz CT molecular complexity index is 391. The van der Waals surface area contributed by atoms with E-state index in [1.807, 2.05) is 25.1 Å². The van der Waals surface area contributed by atoms with E-state index in [1.54, 1.807) is 0 Å². The van der Waals surface area contributed by atoms with E-state index in [9.17, 15) is 4.79 Å². The number of benzene rings is 1. The Morgan fingerprint density at radius 2 is 1.90 bits per heavy atom. The Balaban J connectivity index is 0.00000361. The van der Waals surface area contributed by atoms with Crippen molar-refractivity contribution in [2.24, 2.45) is 5.73 Å². The topological polar surface area (TPSA) is 55.1 Å². The summed E-state index contributed by atoms with van der Waals surface area (Å²) in [5.74, 6) is 0.0929. The number of amides is 1. The molecular formula is C16H27ClN2O. The quantitative estimate of drug-likeness (QED) is 0.813. The van der Waals surface area contributed by atoms with Crippen molar-refractivity contribution in [2.75, 3.05) is 0 Å². The predicted octanol–water partition coefficient (Wildman–Crippen LogP) is 3.06. The highest BCUT2D eigenvalue weighted by atomic mass is 35.5. The number of aryl methyl sites for hydroxylation is 1. The lowest BCUT2D eigenvalue weighted by molar-refractivity contribution is -0.122. The minimum Gasteiger partial charge on any atom is -0.351 e. The van der Waals surface area contributed by atoms with Crippen molar-refractivity contribution in [3.05, 3.63) is 35.9 Å². The van der Waals surface area contributed by atoms with Gasteiger partial charge in [0.1, 0.15) is 0 Å². The number of carbonyl (C=O) groups is 1. The summed E-state index contributed by atoms with van der Waals surface area (Å²) >= 11 is 0. The van der Waals surface area contributed by atoms with Gasteiger partial charge in [0.15, 0.2) is 0 Å². The highest BCUT2D eigenvalue weighted by molar-refractivity contribution is 5.85. The van der Waals surface area contributed by atoms with E-state index in [1.165, 1.54) is 5.56 Å². The summed E-state index contributed by atoms with van der Waals surface area (Å²) < 4.78 is 0. The number of hydrogen-bond acceptors (Lipinski definition) is 2. The fourth-order valence-electron chi connectivity index (χ4n) is 1.96. The zero-order chi connectivity index (χ0) is 14.3. The molecule has 3 nitrogen and oxygen atoms in total. The molecule has 0 radical (unpaired) electrons. The molecule has 0 saturated heterocycles. The number of halogens is 1. The standard InChI is InChI=1S/C16H26N2O.ClH/c1-13(17)9-10-15(19)18-16(2,3)12-11-14-7-5-4-6-8-14;/h4-8,13H,9-12,17H2,1-3H3,(H,18,19);1H. The monoisotopic (exact) mass is 298 g/mol. The van der Waals surface area contributed by atoms with Crippen molar-refractivity contribution in [2.45, 2.75) is 58.0 Å². The van der Waals surface area contributed by atoms with E-state index in [-0.39, 0.29) is 29.9 Å². The molecule has 0 heterocycles. The van der Waals surface area contributed by atoms with Crippen LogP contribution in [-0.2, 0) is 11.2 Å². The van der Waals surface area contributed by atoms with Crippen LogP contribution < -0.4 is 11.1 Å². The molecule has 1 aromatic carbocycles. The van der Waals surface area contributed by atoms with Gasteiger partial charge in [0.25, 0.3) is 0 Å². The number of carbonyl (C=O) groups excluding carboxylic acids is 1. The minimum absolute atomic E-state index is 0. The average molecular weight is 299 g/mol. The Morgan fingerprint density at radius 3 is 2.45 bits per heavy atom. The van der Waals surface area contributed by atoms with Crippen LogP contribution in [0.25, 0.3) is 0 Å². The summed E-state index contributed by atoms with van der Waals surface area (Å²) in [5, 5.41) is 3.09. The zero-order valence-corrected chi connectivity index (χ0v) is 13.5. The maximum absolute atomic E-state index is 11.8. The van der Waals surface area contributed by atoms with Crippen molar-refractivity contribution in [1.29, 1.82) is 0 Å². The van der Waals surface area contributed by atoms with E-state index in [0.717, 1.165) is 19.3 Å². The highest BCUT2D eigenvalue weighted by Crippen LogP contribution is 2.14. The van der Waals surface area contributed by atoms with E-state index in [0.29, 0.717) is 6.42 Å². The molecule has 1 rings (SSSR count). The summed E-state index contributed by atoms with van der Waals surface area (Å²) in [6.07, 6.45) is 3.15. The van der Waals surface area contributed by atoms with E-state index >= 15 is 0 Å². The van der Waals surface area contributed by atoms with Gasteiger partial charge in [0.05, 0.1) is 0 Å². The van der Waals surface area contributed by atoms with Gasteiger partial charge in [-0.2, -0.15) is 0 Å². The molecule has 0 fully saturated rings. The number of nitrogens with two attached hydrogens (primary N) is 1. The van der Waals surface area contributed by atoms with Crippen LogP contribution >= 0.6 is 12.4 Å². The highest BCUT2D eigenvalue weighted by Gasteiger charge is 2.20. The molecule has 3 N–H and O–H groups in total. The summed E-state index contributed by atoms with van der Waals surface area (Å²) in [4.78, 5) is 11.8. The van der Waals surface area contributed by atoms with E-state index < -0.39 is 0 Å². The van der Waals surface area contributed by atoms with Gasteiger partial charge in [-0.1, -0.05) is 30.3 Å². The normalized spacial score (nSPS) is 12.4. The number of nitrogens with one attached hydrogen (secondary N) is 1. The first-order valence-electron chi connectivity index (χ1n) is 6.99. The molecule has 0 spiro atoms. The van der Waals surface area contributed by atoms with Crippen molar-refractivity contribution in [1.82, 2.24) is 5.32 Å². The Hall–Kier alpha value is -1.06. The summed E-state index contributed by atoms with van der Waals surface area (Å²) in [6, 6.07) is 10.4. The fourth-order valence-corrected chi connectivity index (χ4v) is 1.96. The third-order valence-corrected chi connectivity index (χ3v) is 3.19. The SMILES string of the molecule is CC(N)CCC(=O)NC(C)(C)CCc1ccccc1.Cl. The van der Waals surface area contributed by atoms with Gasteiger partial charge in [0.2, 0.25) is 5.91 Å². The van der Waals surface area contributed by atoms with Crippen LogP contribution in [0.5, 0.6) is 0 Å². The van der Waals surface area contributed by atoms with Gasteiger partial charge >= 0.3 is 0 Å². The maximum atomic E-state index is 11.8. The first kappa shape index (κ1) is 18.9. The minimum atomic E-state index is -0.176. The molecule has 1 amide bonds. The molecular weight excluding hydrogens is 272 g/mol. The largest absolute Gasteiger partial charge is 0.351 e. The molecule has 1 atom stereocenters. The molecule has 20 heavy (non-hydrogen) atoms. The van der Waals surface area contributed by atoms with E-state index in [2.05, 4.69) is 31.3 Å². The lowest BCUT2D eigenvalue weighted by Crippen LogP contribution is -2.44. The second kappa shape index (κ2) is 8.98. The Kier molecular flexibility index (Phi) is 8.51. The Labute approximate surface area is 128 Å². The van der Waals surface area contributed by atoms with Crippen LogP contribution in [0.4, 0.5) is 0 Å². The van der Waals surface area contributed by atoms with Crippen molar-refractivity contribution in [3.8, 4) is 0 Å². The van der Waals surface area contributed by atoms with Crippen molar-refractivity contribution in [3.63, 3.8) is 0 Å². The summed E-state index contributed by atoms with van der Waals surface area (Å²) in [5.41, 5.74) is 6.79. The van der Waals surface area contributed by atoms with Crippen LogP contribution in [0.3, 0.4) is 0 Å². The molecule has 4 heteroatoms. The second-order valence-corrected chi connectivity index (χ2v) is 5.93. The molecule has 0 saturated carbocycles. The average Bonchev–Trinajstić information content (AvgIpc) is 2.35. The number of rotatable bonds is 7.